The summed E-state index contributed by atoms with van der Waals surface area (Å²) in [6.45, 7) is 2.28. The number of aromatic nitrogens is 1. The van der Waals surface area contributed by atoms with Crippen LogP contribution in [0, 0.1) is 0 Å². The highest BCUT2D eigenvalue weighted by Crippen LogP contribution is 2.23. The smallest absolute Gasteiger partial charge is 0.198 e. The van der Waals surface area contributed by atoms with Crippen LogP contribution in [0.5, 0.6) is 11.8 Å². The standard InChI is InChI=1S/C22H39NO2/c1-2-3-4-5-6-7-8-9-10-11-12-13-14-15-16-17-18-20-19-21(24)23-22(20)25/h17-19,23-25H,2-16H2,1H3. The van der Waals surface area contributed by atoms with Crippen LogP contribution in [0.1, 0.15) is 109 Å². The highest BCUT2D eigenvalue weighted by atomic mass is 16.3. The number of aromatic hydroxyl groups is 2. The summed E-state index contributed by atoms with van der Waals surface area (Å²) in [5.41, 5.74) is 0.655. The van der Waals surface area contributed by atoms with Gasteiger partial charge in [0.05, 0.1) is 0 Å². The van der Waals surface area contributed by atoms with Crippen molar-refractivity contribution in [2.24, 2.45) is 0 Å². The Morgan fingerprint density at radius 3 is 1.68 bits per heavy atom. The summed E-state index contributed by atoms with van der Waals surface area (Å²) in [4.78, 5) is 2.47. The molecule has 1 rings (SSSR count). The van der Waals surface area contributed by atoms with Crippen molar-refractivity contribution in [1.29, 1.82) is 0 Å². The molecule has 0 saturated heterocycles. The molecule has 1 aromatic heterocycles. The van der Waals surface area contributed by atoms with Gasteiger partial charge in [-0.05, 0) is 12.8 Å². The Bertz CT molecular complexity index is 451. The van der Waals surface area contributed by atoms with E-state index in [4.69, 9.17) is 0 Å². The Balaban J connectivity index is 1.81. The Morgan fingerprint density at radius 2 is 1.24 bits per heavy atom. The topological polar surface area (TPSA) is 56.2 Å². The van der Waals surface area contributed by atoms with E-state index >= 15 is 0 Å². The molecule has 0 spiro atoms. The molecule has 25 heavy (non-hydrogen) atoms. The van der Waals surface area contributed by atoms with Gasteiger partial charge in [-0.1, -0.05) is 103 Å². The van der Waals surface area contributed by atoms with E-state index < -0.39 is 0 Å². The van der Waals surface area contributed by atoms with Gasteiger partial charge in [0.1, 0.15) is 0 Å². The van der Waals surface area contributed by atoms with Crippen LogP contribution in [0.4, 0.5) is 0 Å². The fourth-order valence-corrected chi connectivity index (χ4v) is 3.24. The van der Waals surface area contributed by atoms with E-state index in [2.05, 4.69) is 18.0 Å². The third-order valence-electron chi connectivity index (χ3n) is 4.83. The zero-order chi connectivity index (χ0) is 18.2. The van der Waals surface area contributed by atoms with Crippen LogP contribution in [0.15, 0.2) is 12.1 Å². The number of rotatable bonds is 16. The lowest BCUT2D eigenvalue weighted by Gasteiger charge is -2.02. The first-order chi connectivity index (χ1) is 12.2. The molecule has 0 aliphatic heterocycles. The average molecular weight is 350 g/mol. The molecule has 0 amide bonds. The van der Waals surface area contributed by atoms with Crippen molar-refractivity contribution in [3.63, 3.8) is 0 Å². The third kappa shape index (κ3) is 11.7. The third-order valence-corrected chi connectivity index (χ3v) is 4.83. The van der Waals surface area contributed by atoms with Gasteiger partial charge in [-0.3, -0.25) is 4.98 Å². The molecule has 0 atom stereocenters. The second kappa shape index (κ2) is 14.9. The number of allylic oxidation sites excluding steroid dienone is 1. The van der Waals surface area contributed by atoms with Crippen LogP contribution in [0.3, 0.4) is 0 Å². The van der Waals surface area contributed by atoms with E-state index in [1.807, 2.05) is 6.08 Å². The second-order valence-electron chi connectivity index (χ2n) is 7.25. The normalized spacial score (nSPS) is 11.6. The van der Waals surface area contributed by atoms with Gasteiger partial charge in [-0.25, -0.2) is 0 Å². The zero-order valence-electron chi connectivity index (χ0n) is 16.2. The van der Waals surface area contributed by atoms with Crippen LogP contribution in [-0.4, -0.2) is 15.2 Å². The molecule has 0 aliphatic carbocycles. The predicted molar refractivity (Wildman–Crippen MR) is 108 cm³/mol. The Labute approximate surface area is 154 Å². The van der Waals surface area contributed by atoms with Crippen LogP contribution in [0.2, 0.25) is 0 Å². The van der Waals surface area contributed by atoms with Crippen LogP contribution in [-0.2, 0) is 0 Å². The highest BCUT2D eigenvalue weighted by Gasteiger charge is 2.01. The lowest BCUT2D eigenvalue weighted by atomic mass is 10.0. The van der Waals surface area contributed by atoms with Crippen molar-refractivity contribution in [1.82, 2.24) is 4.98 Å². The molecule has 0 unspecified atom stereocenters. The maximum atomic E-state index is 9.49. The Morgan fingerprint density at radius 1 is 0.760 bits per heavy atom. The monoisotopic (exact) mass is 349 g/mol. The molecule has 0 aromatic carbocycles. The van der Waals surface area contributed by atoms with Crippen LogP contribution >= 0.6 is 0 Å². The quantitative estimate of drug-likeness (QED) is 0.274. The minimum absolute atomic E-state index is 0.00800. The van der Waals surface area contributed by atoms with Crippen molar-refractivity contribution < 1.29 is 10.2 Å². The first kappa shape index (κ1) is 21.7. The molecule has 0 radical (unpaired) electrons. The molecule has 0 saturated carbocycles. The molecule has 144 valence electrons. The molecule has 1 aromatic rings. The van der Waals surface area contributed by atoms with E-state index in [0.29, 0.717) is 5.56 Å². The number of hydrogen-bond acceptors (Lipinski definition) is 2. The first-order valence-electron chi connectivity index (χ1n) is 10.5. The van der Waals surface area contributed by atoms with E-state index in [9.17, 15) is 10.2 Å². The number of unbranched alkanes of at least 4 members (excludes halogenated alkanes) is 14. The van der Waals surface area contributed by atoms with Gasteiger partial charge in [0.25, 0.3) is 0 Å². The predicted octanol–water partition coefficient (Wildman–Crippen LogP) is 7.31. The molecular formula is C22H39NO2. The van der Waals surface area contributed by atoms with Gasteiger partial charge in [0.15, 0.2) is 11.8 Å². The number of aromatic amines is 1. The van der Waals surface area contributed by atoms with Gasteiger partial charge in [-0.2, -0.15) is 0 Å². The van der Waals surface area contributed by atoms with Crippen molar-refractivity contribution in [3.05, 3.63) is 17.7 Å². The summed E-state index contributed by atoms with van der Waals surface area (Å²) in [6.07, 6.45) is 24.3. The maximum absolute atomic E-state index is 9.49. The lowest BCUT2D eigenvalue weighted by molar-refractivity contribution is 0.425. The number of nitrogens with one attached hydrogen (secondary N) is 1. The number of hydrogen-bond donors (Lipinski definition) is 3. The molecule has 0 aliphatic rings. The molecule has 3 nitrogen and oxygen atoms in total. The first-order valence-corrected chi connectivity index (χ1v) is 10.5. The van der Waals surface area contributed by atoms with E-state index in [1.165, 1.54) is 96.0 Å². The summed E-state index contributed by atoms with van der Waals surface area (Å²) in [5.74, 6) is 0.0448. The van der Waals surface area contributed by atoms with E-state index in [-0.39, 0.29) is 11.8 Å². The molecule has 1 heterocycles. The van der Waals surface area contributed by atoms with Gasteiger partial charge >= 0.3 is 0 Å². The second-order valence-corrected chi connectivity index (χ2v) is 7.25. The van der Waals surface area contributed by atoms with E-state index in [1.54, 1.807) is 0 Å². The average Bonchev–Trinajstić information content (AvgIpc) is 2.92. The van der Waals surface area contributed by atoms with Crippen molar-refractivity contribution in [3.8, 4) is 11.8 Å². The summed E-state index contributed by atoms with van der Waals surface area (Å²) in [7, 11) is 0. The minimum atomic E-state index is 0.00800. The van der Waals surface area contributed by atoms with Gasteiger partial charge < -0.3 is 10.2 Å². The maximum Gasteiger partial charge on any atom is 0.198 e. The van der Waals surface area contributed by atoms with Gasteiger partial charge in [0.2, 0.25) is 0 Å². The summed E-state index contributed by atoms with van der Waals surface area (Å²) >= 11 is 0. The molecule has 0 bridgehead atoms. The molecule has 3 N–H and O–H groups in total. The lowest BCUT2D eigenvalue weighted by Crippen LogP contribution is -1.83. The SMILES string of the molecule is CCCCCCCCCCCCCCCCC=Cc1cc(O)[nH]c1O. The van der Waals surface area contributed by atoms with Gasteiger partial charge in [-0.15, -0.1) is 0 Å². The highest BCUT2D eigenvalue weighted by molar-refractivity contribution is 5.56. The fraction of sp³-hybridized carbons (Fsp3) is 0.727. The Hall–Kier alpha value is -1.38. The van der Waals surface area contributed by atoms with Crippen molar-refractivity contribution >= 4 is 6.08 Å². The number of H-pyrrole nitrogens is 1. The minimum Gasteiger partial charge on any atom is -0.494 e. The van der Waals surface area contributed by atoms with Crippen molar-refractivity contribution in [2.75, 3.05) is 0 Å². The van der Waals surface area contributed by atoms with E-state index in [0.717, 1.165) is 6.42 Å². The zero-order valence-corrected chi connectivity index (χ0v) is 16.2. The van der Waals surface area contributed by atoms with Crippen LogP contribution < -0.4 is 0 Å². The summed E-state index contributed by atoms with van der Waals surface area (Å²) < 4.78 is 0. The largest absolute Gasteiger partial charge is 0.494 e. The molecule has 0 fully saturated rings. The molecule has 3 heteroatoms. The van der Waals surface area contributed by atoms with Gasteiger partial charge in [0, 0.05) is 11.6 Å². The Kier molecular flexibility index (Phi) is 12.9. The summed E-state index contributed by atoms with van der Waals surface area (Å²) in [6, 6.07) is 1.54. The summed E-state index contributed by atoms with van der Waals surface area (Å²) in [5, 5.41) is 18.7. The molecular weight excluding hydrogens is 310 g/mol. The van der Waals surface area contributed by atoms with Crippen molar-refractivity contribution in [2.45, 2.75) is 103 Å². The fourth-order valence-electron chi connectivity index (χ4n) is 3.24. The van der Waals surface area contributed by atoms with Crippen LogP contribution in [0.25, 0.3) is 6.08 Å².